The van der Waals surface area contributed by atoms with E-state index in [1.54, 1.807) is 29.2 Å². The molecule has 5 nitrogen and oxygen atoms in total. The van der Waals surface area contributed by atoms with Crippen LogP contribution in [0.2, 0.25) is 5.02 Å². The Hall–Kier alpha value is -2.01. The second-order valence-electron chi connectivity index (χ2n) is 3.54. The van der Waals surface area contributed by atoms with Crippen molar-refractivity contribution >= 4 is 17.4 Å². The molecule has 0 aliphatic rings. The van der Waals surface area contributed by atoms with Gasteiger partial charge in [-0.25, -0.2) is 0 Å². The van der Waals surface area contributed by atoms with Crippen LogP contribution in [0.15, 0.2) is 41.8 Å². The first-order valence-electron chi connectivity index (χ1n) is 4.94. The second kappa shape index (κ2) is 4.88. The van der Waals surface area contributed by atoms with Crippen LogP contribution < -0.4 is 5.73 Å². The van der Waals surface area contributed by atoms with Gasteiger partial charge in [0.25, 0.3) is 0 Å². The lowest BCUT2D eigenvalue weighted by molar-refractivity contribution is 0.318. The van der Waals surface area contributed by atoms with Crippen LogP contribution in [0.1, 0.15) is 11.1 Å². The number of hydrogen-bond acceptors (Lipinski definition) is 3. The van der Waals surface area contributed by atoms with Gasteiger partial charge in [0.15, 0.2) is 5.84 Å². The van der Waals surface area contributed by atoms with E-state index in [0.717, 1.165) is 5.56 Å². The number of aromatic nitrogens is 2. The van der Waals surface area contributed by atoms with Crippen molar-refractivity contribution in [2.24, 2.45) is 10.9 Å². The molecule has 6 heteroatoms. The van der Waals surface area contributed by atoms with Crippen LogP contribution in [-0.4, -0.2) is 20.8 Å². The molecular weight excluding hydrogens is 240 g/mol. The van der Waals surface area contributed by atoms with Gasteiger partial charge >= 0.3 is 0 Å². The van der Waals surface area contributed by atoms with Gasteiger partial charge in [0, 0.05) is 11.8 Å². The highest BCUT2D eigenvalue weighted by atomic mass is 35.5. The number of hydrogen-bond donors (Lipinski definition) is 2. The summed E-state index contributed by atoms with van der Waals surface area (Å²) in [5.74, 6) is 0.0960. The summed E-state index contributed by atoms with van der Waals surface area (Å²) in [4.78, 5) is 0. The Morgan fingerprint density at radius 3 is 2.65 bits per heavy atom. The molecule has 0 fully saturated rings. The number of halogens is 1. The fraction of sp³-hybridized carbons (Fsp3) is 0.0909. The Morgan fingerprint density at radius 1 is 1.41 bits per heavy atom. The maximum absolute atomic E-state index is 8.53. The average Bonchev–Trinajstić information content (AvgIpc) is 2.75. The van der Waals surface area contributed by atoms with Crippen molar-refractivity contribution < 1.29 is 5.21 Å². The third-order valence-corrected chi connectivity index (χ3v) is 2.50. The molecule has 0 atom stereocenters. The molecule has 88 valence electrons. The molecule has 1 aromatic heterocycles. The zero-order valence-electron chi connectivity index (χ0n) is 8.92. The Balaban J connectivity index is 2.13. The lowest BCUT2D eigenvalue weighted by Crippen LogP contribution is -2.13. The zero-order valence-corrected chi connectivity index (χ0v) is 9.67. The van der Waals surface area contributed by atoms with Gasteiger partial charge in [-0.2, -0.15) is 5.10 Å². The molecule has 0 amide bonds. The summed E-state index contributed by atoms with van der Waals surface area (Å²) in [6, 6.07) is 7.36. The van der Waals surface area contributed by atoms with Crippen molar-refractivity contribution in [2.45, 2.75) is 6.54 Å². The topological polar surface area (TPSA) is 76.4 Å². The lowest BCUT2D eigenvalue weighted by atomic mass is 10.1. The van der Waals surface area contributed by atoms with Gasteiger partial charge < -0.3 is 10.9 Å². The number of amidine groups is 1. The molecule has 0 saturated carbocycles. The van der Waals surface area contributed by atoms with Crippen LogP contribution in [0, 0.1) is 0 Å². The van der Waals surface area contributed by atoms with Crippen LogP contribution in [0.25, 0.3) is 0 Å². The van der Waals surface area contributed by atoms with Gasteiger partial charge in [0.2, 0.25) is 0 Å². The third kappa shape index (κ3) is 2.76. The molecule has 0 radical (unpaired) electrons. The van der Waals surface area contributed by atoms with Crippen molar-refractivity contribution in [1.29, 1.82) is 0 Å². The summed E-state index contributed by atoms with van der Waals surface area (Å²) < 4.78 is 1.74. The number of benzene rings is 1. The zero-order chi connectivity index (χ0) is 12.3. The predicted octanol–water partition coefficient (Wildman–Crippen LogP) is 1.68. The summed E-state index contributed by atoms with van der Waals surface area (Å²) in [6.07, 6.45) is 3.34. The second-order valence-corrected chi connectivity index (χ2v) is 3.97. The Morgan fingerprint density at radius 2 is 2.12 bits per heavy atom. The minimum Gasteiger partial charge on any atom is -0.409 e. The van der Waals surface area contributed by atoms with Gasteiger partial charge in [-0.05, 0) is 5.56 Å². The van der Waals surface area contributed by atoms with Crippen LogP contribution >= 0.6 is 11.6 Å². The molecule has 2 aromatic rings. The van der Waals surface area contributed by atoms with Gasteiger partial charge in [0.1, 0.15) is 0 Å². The van der Waals surface area contributed by atoms with E-state index in [-0.39, 0.29) is 5.84 Å². The van der Waals surface area contributed by atoms with E-state index >= 15 is 0 Å². The molecule has 1 heterocycles. The van der Waals surface area contributed by atoms with Crippen LogP contribution in [-0.2, 0) is 6.54 Å². The fourth-order valence-electron chi connectivity index (χ4n) is 1.45. The highest BCUT2D eigenvalue weighted by Gasteiger charge is 2.01. The third-order valence-electron chi connectivity index (χ3n) is 2.30. The molecule has 0 bridgehead atoms. The maximum Gasteiger partial charge on any atom is 0.170 e. The number of nitrogens with two attached hydrogens (primary N) is 1. The number of nitrogens with zero attached hydrogens (tertiary/aromatic N) is 3. The summed E-state index contributed by atoms with van der Waals surface area (Å²) in [5.41, 5.74) is 7.20. The van der Waals surface area contributed by atoms with E-state index in [2.05, 4.69) is 10.3 Å². The van der Waals surface area contributed by atoms with E-state index in [1.807, 2.05) is 12.1 Å². The Labute approximate surface area is 103 Å². The lowest BCUT2D eigenvalue weighted by Gasteiger charge is -2.03. The minimum absolute atomic E-state index is 0.0960. The fourth-order valence-corrected chi connectivity index (χ4v) is 1.61. The minimum atomic E-state index is 0.0960. The highest BCUT2D eigenvalue weighted by Crippen LogP contribution is 2.09. The first-order chi connectivity index (χ1) is 8.19. The maximum atomic E-state index is 8.53. The molecule has 17 heavy (non-hydrogen) atoms. The summed E-state index contributed by atoms with van der Waals surface area (Å²) in [7, 11) is 0. The van der Waals surface area contributed by atoms with E-state index in [9.17, 15) is 0 Å². The SMILES string of the molecule is N/C(=N\O)c1ccc(Cn2cc(Cl)cn2)cc1. The highest BCUT2D eigenvalue weighted by molar-refractivity contribution is 6.30. The predicted molar refractivity (Wildman–Crippen MR) is 65.3 cm³/mol. The molecule has 0 aliphatic heterocycles. The first kappa shape index (κ1) is 11.5. The molecule has 0 unspecified atom stereocenters. The van der Waals surface area contributed by atoms with Gasteiger partial charge in [0.05, 0.1) is 17.8 Å². The van der Waals surface area contributed by atoms with Crippen LogP contribution in [0.4, 0.5) is 0 Å². The summed E-state index contributed by atoms with van der Waals surface area (Å²) >= 11 is 5.77. The van der Waals surface area contributed by atoms with Crippen molar-refractivity contribution in [3.05, 3.63) is 52.8 Å². The van der Waals surface area contributed by atoms with Crippen molar-refractivity contribution in [3.63, 3.8) is 0 Å². The summed E-state index contributed by atoms with van der Waals surface area (Å²) in [5, 5.41) is 16.2. The summed E-state index contributed by atoms with van der Waals surface area (Å²) in [6.45, 7) is 0.628. The molecule has 0 aliphatic carbocycles. The van der Waals surface area contributed by atoms with Crippen molar-refractivity contribution in [3.8, 4) is 0 Å². The molecular formula is C11H11ClN4O. The van der Waals surface area contributed by atoms with Gasteiger partial charge in [-0.15, -0.1) is 0 Å². The van der Waals surface area contributed by atoms with E-state index in [1.165, 1.54) is 0 Å². The first-order valence-corrected chi connectivity index (χ1v) is 5.31. The average molecular weight is 251 g/mol. The van der Waals surface area contributed by atoms with Crippen LogP contribution in [0.3, 0.4) is 0 Å². The van der Waals surface area contributed by atoms with Crippen molar-refractivity contribution in [1.82, 2.24) is 9.78 Å². The molecule has 0 saturated heterocycles. The molecule has 3 N–H and O–H groups in total. The Kier molecular flexibility index (Phi) is 3.30. The Bertz CT molecular complexity index is 533. The molecule has 0 spiro atoms. The van der Waals surface area contributed by atoms with E-state index in [0.29, 0.717) is 17.1 Å². The normalized spacial score (nSPS) is 11.7. The standard InChI is InChI=1S/C11H11ClN4O/c12-10-5-14-16(7-10)6-8-1-3-9(4-2-8)11(13)15-17/h1-5,7,17H,6H2,(H2,13,15). The van der Waals surface area contributed by atoms with Gasteiger partial charge in [-0.1, -0.05) is 41.0 Å². The van der Waals surface area contributed by atoms with E-state index in [4.69, 9.17) is 22.5 Å². The number of oxime groups is 1. The smallest absolute Gasteiger partial charge is 0.170 e. The number of rotatable bonds is 3. The van der Waals surface area contributed by atoms with Crippen LogP contribution in [0.5, 0.6) is 0 Å². The molecule has 1 aromatic carbocycles. The van der Waals surface area contributed by atoms with Gasteiger partial charge in [-0.3, -0.25) is 4.68 Å². The van der Waals surface area contributed by atoms with Crippen molar-refractivity contribution in [2.75, 3.05) is 0 Å². The van der Waals surface area contributed by atoms with E-state index < -0.39 is 0 Å². The molecule has 2 rings (SSSR count). The largest absolute Gasteiger partial charge is 0.409 e. The monoisotopic (exact) mass is 250 g/mol. The quantitative estimate of drug-likeness (QED) is 0.377.